The van der Waals surface area contributed by atoms with E-state index in [2.05, 4.69) is 19.2 Å². The molecular weight excluding hydrogens is 238 g/mol. The van der Waals surface area contributed by atoms with Gasteiger partial charge in [0.2, 0.25) is 0 Å². The normalized spacial score (nSPS) is 32.5. The van der Waals surface area contributed by atoms with Crippen molar-refractivity contribution in [3.05, 3.63) is 0 Å². The molecule has 0 saturated heterocycles. The second kappa shape index (κ2) is 7.05. The Morgan fingerprint density at radius 1 is 1.26 bits per heavy atom. The molecule has 0 aromatic rings. The monoisotopic (exact) mass is 269 g/mol. The zero-order valence-corrected chi connectivity index (χ0v) is 12.7. The van der Waals surface area contributed by atoms with E-state index in [1.54, 1.807) is 0 Å². The lowest BCUT2D eigenvalue weighted by Gasteiger charge is -2.42. The van der Waals surface area contributed by atoms with Crippen molar-refractivity contribution in [3.8, 4) is 0 Å². The maximum absolute atomic E-state index is 9.75. The van der Waals surface area contributed by atoms with E-state index in [1.807, 2.05) is 0 Å². The third-order valence-corrected chi connectivity index (χ3v) is 4.80. The predicted octanol–water partition coefficient (Wildman–Crippen LogP) is 2.86. The van der Waals surface area contributed by atoms with Gasteiger partial charge in [0.15, 0.2) is 0 Å². The molecule has 2 saturated carbocycles. The van der Waals surface area contributed by atoms with Crippen LogP contribution in [0.2, 0.25) is 0 Å². The van der Waals surface area contributed by atoms with Gasteiger partial charge in [0.05, 0.1) is 12.7 Å². The number of aliphatic hydroxyl groups excluding tert-OH is 1. The van der Waals surface area contributed by atoms with Gasteiger partial charge in [-0.1, -0.05) is 33.1 Å². The molecule has 0 heterocycles. The summed E-state index contributed by atoms with van der Waals surface area (Å²) in [5.74, 6) is 0.931. The molecule has 0 bridgehead atoms. The van der Waals surface area contributed by atoms with Gasteiger partial charge in [-0.25, -0.2) is 0 Å². The second-order valence-corrected chi connectivity index (χ2v) is 6.91. The zero-order valence-electron chi connectivity index (χ0n) is 12.7. The van der Waals surface area contributed by atoms with Gasteiger partial charge in [-0.2, -0.15) is 0 Å². The van der Waals surface area contributed by atoms with Crippen LogP contribution in [0.4, 0.5) is 0 Å². The largest absolute Gasteiger partial charge is 0.394 e. The fourth-order valence-electron chi connectivity index (χ4n) is 3.57. The van der Waals surface area contributed by atoms with Crippen LogP contribution in [0.3, 0.4) is 0 Å². The average molecular weight is 269 g/mol. The molecule has 0 aromatic carbocycles. The molecule has 0 aromatic heterocycles. The minimum Gasteiger partial charge on any atom is -0.394 e. The van der Waals surface area contributed by atoms with Gasteiger partial charge in [0, 0.05) is 18.2 Å². The number of hydrogen-bond acceptors (Lipinski definition) is 3. The van der Waals surface area contributed by atoms with Crippen molar-refractivity contribution in [2.24, 2.45) is 5.92 Å². The molecule has 0 radical (unpaired) electrons. The summed E-state index contributed by atoms with van der Waals surface area (Å²) in [5.41, 5.74) is -0.104. The fourth-order valence-corrected chi connectivity index (χ4v) is 3.57. The molecule has 19 heavy (non-hydrogen) atoms. The van der Waals surface area contributed by atoms with Gasteiger partial charge in [-0.15, -0.1) is 0 Å². The number of hydrogen-bond donors (Lipinski definition) is 2. The van der Waals surface area contributed by atoms with E-state index in [-0.39, 0.29) is 12.1 Å². The van der Waals surface area contributed by atoms with Crippen molar-refractivity contribution in [1.82, 2.24) is 5.32 Å². The Labute approximate surface area is 118 Å². The minimum atomic E-state index is -0.104. The highest BCUT2D eigenvalue weighted by Gasteiger charge is 2.36. The van der Waals surface area contributed by atoms with Crippen LogP contribution in [0.5, 0.6) is 0 Å². The fraction of sp³-hybridized carbons (Fsp3) is 1.00. The SMILES string of the molecule is CC(C)NC1(CO)CCCC(OCCC2CCC2)C1. The molecule has 2 aliphatic rings. The van der Waals surface area contributed by atoms with E-state index in [9.17, 15) is 5.11 Å². The van der Waals surface area contributed by atoms with Crippen molar-refractivity contribution in [2.75, 3.05) is 13.2 Å². The summed E-state index contributed by atoms with van der Waals surface area (Å²) in [6.07, 6.45) is 10.2. The van der Waals surface area contributed by atoms with E-state index in [4.69, 9.17) is 4.74 Å². The summed E-state index contributed by atoms with van der Waals surface area (Å²) >= 11 is 0. The first-order chi connectivity index (χ1) is 9.13. The predicted molar refractivity (Wildman–Crippen MR) is 78.3 cm³/mol. The van der Waals surface area contributed by atoms with Crippen LogP contribution >= 0.6 is 0 Å². The molecule has 0 spiro atoms. The van der Waals surface area contributed by atoms with Crippen molar-refractivity contribution in [1.29, 1.82) is 0 Å². The van der Waals surface area contributed by atoms with Crippen LogP contribution in [0.15, 0.2) is 0 Å². The third-order valence-electron chi connectivity index (χ3n) is 4.80. The molecule has 2 fully saturated rings. The summed E-state index contributed by atoms with van der Waals surface area (Å²) in [6, 6.07) is 0.417. The maximum atomic E-state index is 9.75. The van der Waals surface area contributed by atoms with Crippen molar-refractivity contribution >= 4 is 0 Å². The molecule has 112 valence electrons. The molecule has 0 aliphatic heterocycles. The highest BCUT2D eigenvalue weighted by atomic mass is 16.5. The molecule has 3 nitrogen and oxygen atoms in total. The first-order valence-electron chi connectivity index (χ1n) is 8.14. The van der Waals surface area contributed by atoms with Gasteiger partial charge in [0.25, 0.3) is 0 Å². The Morgan fingerprint density at radius 3 is 2.63 bits per heavy atom. The minimum absolute atomic E-state index is 0.104. The number of ether oxygens (including phenoxy) is 1. The molecule has 0 amide bonds. The molecule has 2 rings (SSSR count). The smallest absolute Gasteiger partial charge is 0.0614 e. The van der Waals surface area contributed by atoms with Crippen LogP contribution in [0.25, 0.3) is 0 Å². The standard InChI is InChI=1S/C16H31NO2/c1-13(2)17-16(12-18)9-4-7-15(11-16)19-10-8-14-5-3-6-14/h13-15,17-18H,3-12H2,1-2H3. The first-order valence-corrected chi connectivity index (χ1v) is 8.14. The molecular formula is C16H31NO2. The summed E-state index contributed by atoms with van der Waals surface area (Å²) in [6.45, 7) is 5.45. The van der Waals surface area contributed by atoms with Gasteiger partial charge in [0.1, 0.15) is 0 Å². The van der Waals surface area contributed by atoms with Crippen LogP contribution in [-0.2, 0) is 4.74 Å². The Balaban J connectivity index is 1.74. The topological polar surface area (TPSA) is 41.5 Å². The molecule has 2 N–H and O–H groups in total. The lowest BCUT2D eigenvalue weighted by atomic mass is 9.80. The van der Waals surface area contributed by atoms with Crippen LogP contribution in [-0.4, -0.2) is 36.0 Å². The maximum Gasteiger partial charge on any atom is 0.0614 e. The lowest BCUT2D eigenvalue weighted by molar-refractivity contribution is -0.0245. The Hall–Kier alpha value is -0.120. The zero-order chi connectivity index (χ0) is 13.7. The summed E-state index contributed by atoms with van der Waals surface area (Å²) in [7, 11) is 0. The summed E-state index contributed by atoms with van der Waals surface area (Å²) in [5, 5.41) is 13.3. The van der Waals surface area contributed by atoms with E-state index >= 15 is 0 Å². The van der Waals surface area contributed by atoms with Gasteiger partial charge >= 0.3 is 0 Å². The van der Waals surface area contributed by atoms with Gasteiger partial charge in [-0.3, -0.25) is 0 Å². The van der Waals surface area contributed by atoms with Crippen LogP contribution < -0.4 is 5.32 Å². The van der Waals surface area contributed by atoms with E-state index in [0.29, 0.717) is 12.1 Å². The van der Waals surface area contributed by atoms with Crippen LogP contribution in [0, 0.1) is 5.92 Å². The van der Waals surface area contributed by atoms with Crippen molar-refractivity contribution in [3.63, 3.8) is 0 Å². The first kappa shape index (κ1) is 15.3. The second-order valence-electron chi connectivity index (χ2n) is 6.91. The quantitative estimate of drug-likeness (QED) is 0.747. The Morgan fingerprint density at radius 2 is 2.05 bits per heavy atom. The number of nitrogens with one attached hydrogen (secondary N) is 1. The number of rotatable bonds is 7. The molecule has 3 heteroatoms. The highest BCUT2D eigenvalue weighted by Crippen LogP contribution is 2.32. The Kier molecular flexibility index (Phi) is 5.67. The van der Waals surface area contributed by atoms with E-state index in [1.165, 1.54) is 25.7 Å². The van der Waals surface area contributed by atoms with E-state index in [0.717, 1.165) is 38.2 Å². The third kappa shape index (κ3) is 4.44. The number of aliphatic hydroxyl groups is 1. The highest BCUT2D eigenvalue weighted by molar-refractivity contribution is 4.94. The summed E-state index contributed by atoms with van der Waals surface area (Å²) in [4.78, 5) is 0. The average Bonchev–Trinajstić information content (AvgIpc) is 2.32. The van der Waals surface area contributed by atoms with Crippen molar-refractivity contribution in [2.45, 2.75) is 82.9 Å². The van der Waals surface area contributed by atoms with Crippen molar-refractivity contribution < 1.29 is 9.84 Å². The van der Waals surface area contributed by atoms with Gasteiger partial charge in [-0.05, 0) is 38.0 Å². The van der Waals surface area contributed by atoms with Gasteiger partial charge < -0.3 is 15.2 Å². The molecule has 2 atom stereocenters. The summed E-state index contributed by atoms with van der Waals surface area (Å²) < 4.78 is 6.08. The van der Waals surface area contributed by atoms with E-state index < -0.39 is 0 Å². The lowest BCUT2D eigenvalue weighted by Crippen LogP contribution is -2.55. The molecule has 2 aliphatic carbocycles. The Bertz CT molecular complexity index is 265. The van der Waals surface area contributed by atoms with Crippen LogP contribution in [0.1, 0.15) is 65.2 Å². The molecule has 2 unspecified atom stereocenters.